The smallest absolute Gasteiger partial charge is 0.131 e. The fourth-order valence-corrected chi connectivity index (χ4v) is 1.86. The molecule has 0 spiro atoms. The van der Waals surface area contributed by atoms with Crippen LogP contribution in [0.5, 0.6) is 0 Å². The van der Waals surface area contributed by atoms with Gasteiger partial charge in [-0.05, 0) is 34.8 Å². The summed E-state index contributed by atoms with van der Waals surface area (Å²) in [5.41, 5.74) is 0.895. The van der Waals surface area contributed by atoms with Crippen LogP contribution in [0.2, 0.25) is 0 Å². The Hall–Kier alpha value is -0.610. The maximum atomic E-state index is 9.76. The summed E-state index contributed by atoms with van der Waals surface area (Å²) in [6.07, 6.45) is 3.15. The molecule has 0 aromatic carbocycles. The van der Waals surface area contributed by atoms with E-state index in [2.05, 4.69) is 26.2 Å². The highest BCUT2D eigenvalue weighted by Gasteiger charge is 2.16. The Morgan fingerprint density at radius 3 is 3.31 bits per heavy atom. The molecule has 4 heteroatoms. The molecule has 0 fully saturated rings. The number of nitrogens with one attached hydrogen (secondary N) is 1. The number of nitrogens with zero attached hydrogens (tertiary/aromatic N) is 1. The van der Waals surface area contributed by atoms with E-state index >= 15 is 0 Å². The monoisotopic (exact) mass is 242 g/mol. The lowest BCUT2D eigenvalue weighted by molar-refractivity contribution is 0.168. The first-order valence-corrected chi connectivity index (χ1v) is 5.14. The van der Waals surface area contributed by atoms with Crippen molar-refractivity contribution in [3.63, 3.8) is 0 Å². The molecule has 0 bridgehead atoms. The molecule has 0 radical (unpaired) electrons. The lowest BCUT2D eigenvalue weighted by Gasteiger charge is -2.10. The molecule has 1 aliphatic rings. The van der Waals surface area contributed by atoms with Crippen LogP contribution in [0, 0.1) is 0 Å². The molecule has 3 nitrogen and oxygen atoms in total. The molecule has 13 heavy (non-hydrogen) atoms. The van der Waals surface area contributed by atoms with Crippen LogP contribution in [0.1, 0.15) is 24.5 Å². The third-order valence-electron chi connectivity index (χ3n) is 2.19. The zero-order valence-electron chi connectivity index (χ0n) is 7.13. The molecule has 2 rings (SSSR count). The van der Waals surface area contributed by atoms with Crippen LogP contribution < -0.4 is 5.32 Å². The highest BCUT2D eigenvalue weighted by molar-refractivity contribution is 9.10. The molecular weight excluding hydrogens is 232 g/mol. The predicted octanol–water partition coefficient (Wildman–Crippen LogP) is 2.08. The number of anilines is 1. The number of rotatable bonds is 0. The number of fused-ring (bicyclic) bond motifs is 1. The molecule has 0 aliphatic carbocycles. The zero-order chi connectivity index (χ0) is 9.26. The van der Waals surface area contributed by atoms with Gasteiger partial charge in [-0.25, -0.2) is 4.98 Å². The van der Waals surface area contributed by atoms with E-state index in [4.69, 9.17) is 0 Å². The summed E-state index contributed by atoms with van der Waals surface area (Å²) >= 11 is 3.34. The Balaban J connectivity index is 2.43. The molecule has 2 N–H and O–H groups in total. The van der Waals surface area contributed by atoms with Crippen LogP contribution in [-0.2, 0) is 0 Å². The number of aliphatic hydroxyl groups excluding tert-OH is 1. The maximum Gasteiger partial charge on any atom is 0.131 e. The van der Waals surface area contributed by atoms with Crippen LogP contribution in [0.25, 0.3) is 0 Å². The van der Waals surface area contributed by atoms with E-state index < -0.39 is 0 Å². The second kappa shape index (κ2) is 3.64. The van der Waals surface area contributed by atoms with E-state index in [9.17, 15) is 5.11 Å². The third-order valence-corrected chi connectivity index (χ3v) is 2.62. The van der Waals surface area contributed by atoms with Gasteiger partial charge < -0.3 is 10.4 Å². The van der Waals surface area contributed by atoms with Crippen LogP contribution in [0.3, 0.4) is 0 Å². The topological polar surface area (TPSA) is 45.1 Å². The van der Waals surface area contributed by atoms with Gasteiger partial charge in [-0.3, -0.25) is 0 Å². The van der Waals surface area contributed by atoms with Gasteiger partial charge in [-0.15, -0.1) is 0 Å². The van der Waals surface area contributed by atoms with E-state index in [-0.39, 0.29) is 6.10 Å². The summed E-state index contributed by atoms with van der Waals surface area (Å²) in [5, 5.41) is 13.0. The summed E-state index contributed by atoms with van der Waals surface area (Å²) in [6.45, 7) is 0.888. The number of aliphatic hydroxyl groups is 1. The minimum Gasteiger partial charge on any atom is -0.388 e. The van der Waals surface area contributed by atoms with Crippen LogP contribution in [-0.4, -0.2) is 16.6 Å². The van der Waals surface area contributed by atoms with E-state index in [1.807, 2.05) is 6.07 Å². The van der Waals surface area contributed by atoms with Gasteiger partial charge in [-0.1, -0.05) is 0 Å². The summed E-state index contributed by atoms with van der Waals surface area (Å²) in [6, 6.07) is 1.92. The molecule has 1 atom stereocenters. The van der Waals surface area contributed by atoms with Crippen LogP contribution in [0.15, 0.2) is 16.7 Å². The summed E-state index contributed by atoms with van der Waals surface area (Å²) in [5.74, 6) is 0.813. The van der Waals surface area contributed by atoms with Crippen LogP contribution in [0.4, 0.5) is 5.82 Å². The molecular formula is C9H11BrN2O. The molecule has 1 aromatic rings. The van der Waals surface area contributed by atoms with Gasteiger partial charge in [0.2, 0.25) is 0 Å². The SMILES string of the molecule is OC1CCCNc2ncc(Br)cc21. The molecule has 1 aliphatic heterocycles. The van der Waals surface area contributed by atoms with E-state index in [1.165, 1.54) is 0 Å². The maximum absolute atomic E-state index is 9.76. The fourth-order valence-electron chi connectivity index (χ4n) is 1.51. The van der Waals surface area contributed by atoms with Crippen molar-refractivity contribution in [2.75, 3.05) is 11.9 Å². The average Bonchev–Trinajstić information content (AvgIpc) is 2.29. The van der Waals surface area contributed by atoms with E-state index in [1.54, 1.807) is 6.20 Å². The van der Waals surface area contributed by atoms with E-state index in [0.29, 0.717) is 0 Å². The summed E-state index contributed by atoms with van der Waals surface area (Å²) in [7, 11) is 0. The highest BCUT2D eigenvalue weighted by atomic mass is 79.9. The number of halogens is 1. The van der Waals surface area contributed by atoms with Crippen molar-refractivity contribution in [2.45, 2.75) is 18.9 Å². The molecule has 2 heterocycles. The molecule has 0 saturated heterocycles. The van der Waals surface area contributed by atoms with Gasteiger partial charge in [0.05, 0.1) is 6.10 Å². The Bertz CT molecular complexity index is 316. The average molecular weight is 243 g/mol. The highest BCUT2D eigenvalue weighted by Crippen LogP contribution is 2.29. The molecule has 1 unspecified atom stereocenters. The Labute approximate surface area is 85.3 Å². The first-order chi connectivity index (χ1) is 6.27. The minimum absolute atomic E-state index is 0.380. The second-order valence-electron chi connectivity index (χ2n) is 3.18. The standard InChI is InChI=1S/C9H11BrN2O/c10-6-4-7-8(13)2-1-3-11-9(7)12-5-6/h4-5,8,13H,1-3H2,(H,11,12). The Kier molecular flexibility index (Phi) is 2.51. The van der Waals surface area contributed by atoms with E-state index in [0.717, 1.165) is 35.2 Å². The predicted molar refractivity (Wildman–Crippen MR) is 54.6 cm³/mol. The van der Waals surface area contributed by atoms with Crippen molar-refractivity contribution in [1.29, 1.82) is 0 Å². The van der Waals surface area contributed by atoms with Crippen molar-refractivity contribution in [3.05, 3.63) is 22.3 Å². The summed E-state index contributed by atoms with van der Waals surface area (Å²) < 4.78 is 0.911. The summed E-state index contributed by atoms with van der Waals surface area (Å²) in [4.78, 5) is 4.21. The third kappa shape index (κ3) is 1.84. The van der Waals surface area contributed by atoms with Crippen molar-refractivity contribution in [1.82, 2.24) is 4.98 Å². The van der Waals surface area contributed by atoms with Gasteiger partial charge in [0.25, 0.3) is 0 Å². The number of hydrogen-bond acceptors (Lipinski definition) is 3. The van der Waals surface area contributed by atoms with Crippen molar-refractivity contribution in [3.8, 4) is 0 Å². The van der Waals surface area contributed by atoms with Crippen molar-refractivity contribution in [2.24, 2.45) is 0 Å². The van der Waals surface area contributed by atoms with Gasteiger partial charge in [-0.2, -0.15) is 0 Å². The molecule has 0 amide bonds. The van der Waals surface area contributed by atoms with Gasteiger partial charge in [0.15, 0.2) is 0 Å². The van der Waals surface area contributed by atoms with Crippen molar-refractivity contribution >= 4 is 21.7 Å². The van der Waals surface area contributed by atoms with Crippen LogP contribution >= 0.6 is 15.9 Å². The molecule has 0 saturated carbocycles. The second-order valence-corrected chi connectivity index (χ2v) is 4.09. The lowest BCUT2D eigenvalue weighted by Crippen LogP contribution is -2.02. The lowest BCUT2D eigenvalue weighted by atomic mass is 10.1. The fraction of sp³-hybridized carbons (Fsp3) is 0.444. The number of pyridine rings is 1. The van der Waals surface area contributed by atoms with Crippen molar-refractivity contribution < 1.29 is 5.11 Å². The van der Waals surface area contributed by atoms with Gasteiger partial charge in [0, 0.05) is 22.8 Å². The van der Waals surface area contributed by atoms with Gasteiger partial charge in [0.1, 0.15) is 5.82 Å². The van der Waals surface area contributed by atoms with Gasteiger partial charge >= 0.3 is 0 Å². The Morgan fingerprint density at radius 2 is 2.46 bits per heavy atom. The zero-order valence-corrected chi connectivity index (χ0v) is 8.71. The normalized spacial score (nSPS) is 21.5. The quantitative estimate of drug-likeness (QED) is 0.733. The Morgan fingerprint density at radius 1 is 1.62 bits per heavy atom. The number of aromatic nitrogens is 1. The first kappa shape index (κ1) is 8.97. The molecule has 70 valence electrons. The minimum atomic E-state index is -0.380. The largest absolute Gasteiger partial charge is 0.388 e. The number of hydrogen-bond donors (Lipinski definition) is 2. The first-order valence-electron chi connectivity index (χ1n) is 4.35. The molecule has 1 aromatic heterocycles.